The van der Waals surface area contributed by atoms with E-state index in [2.05, 4.69) is 4.98 Å². The third-order valence-corrected chi connectivity index (χ3v) is 3.76. The molecule has 0 fully saturated rings. The van der Waals surface area contributed by atoms with Crippen molar-refractivity contribution in [3.05, 3.63) is 41.1 Å². The number of hydrogen-bond acceptors (Lipinski definition) is 2. The minimum absolute atomic E-state index is 0.0362. The summed E-state index contributed by atoms with van der Waals surface area (Å²) < 4.78 is 0. The SMILES string of the molecule is Cc1[nH]c(-c2ccc3c(c2)CC(=O)N3C)cc1CO. The van der Waals surface area contributed by atoms with Crippen molar-refractivity contribution in [2.45, 2.75) is 20.0 Å². The zero-order chi connectivity index (χ0) is 13.6. The van der Waals surface area contributed by atoms with Crippen molar-refractivity contribution in [2.24, 2.45) is 0 Å². The van der Waals surface area contributed by atoms with Crippen molar-refractivity contribution in [3.8, 4) is 11.3 Å². The first-order chi connectivity index (χ1) is 9.10. The molecule has 2 aromatic rings. The molecule has 98 valence electrons. The Morgan fingerprint density at radius 2 is 2.16 bits per heavy atom. The lowest BCUT2D eigenvalue weighted by molar-refractivity contribution is -0.117. The Kier molecular flexibility index (Phi) is 2.68. The molecule has 4 nitrogen and oxygen atoms in total. The predicted molar refractivity (Wildman–Crippen MR) is 74.0 cm³/mol. The van der Waals surface area contributed by atoms with E-state index in [4.69, 9.17) is 0 Å². The van der Waals surface area contributed by atoms with E-state index in [9.17, 15) is 9.90 Å². The fourth-order valence-corrected chi connectivity index (χ4v) is 2.56. The van der Waals surface area contributed by atoms with E-state index in [0.717, 1.165) is 33.8 Å². The Hall–Kier alpha value is -2.07. The van der Waals surface area contributed by atoms with Gasteiger partial charge in [0.05, 0.1) is 13.0 Å². The van der Waals surface area contributed by atoms with Crippen LogP contribution in [0.5, 0.6) is 0 Å². The number of nitrogens with zero attached hydrogens (tertiary/aromatic N) is 1. The van der Waals surface area contributed by atoms with E-state index in [1.54, 1.807) is 11.9 Å². The van der Waals surface area contributed by atoms with Gasteiger partial charge < -0.3 is 15.0 Å². The summed E-state index contributed by atoms with van der Waals surface area (Å²) in [7, 11) is 1.80. The van der Waals surface area contributed by atoms with Crippen molar-refractivity contribution in [1.29, 1.82) is 0 Å². The van der Waals surface area contributed by atoms with Crippen LogP contribution >= 0.6 is 0 Å². The molecule has 1 aromatic carbocycles. The molecule has 0 bridgehead atoms. The molecule has 0 saturated heterocycles. The highest BCUT2D eigenvalue weighted by Crippen LogP contribution is 2.32. The molecule has 3 rings (SSSR count). The molecule has 0 atom stereocenters. The van der Waals surface area contributed by atoms with Gasteiger partial charge in [0.1, 0.15) is 0 Å². The second kappa shape index (κ2) is 4.24. The van der Waals surface area contributed by atoms with Crippen molar-refractivity contribution in [2.75, 3.05) is 11.9 Å². The summed E-state index contributed by atoms with van der Waals surface area (Å²) in [6.07, 6.45) is 0.465. The lowest BCUT2D eigenvalue weighted by Gasteiger charge is -2.10. The maximum Gasteiger partial charge on any atom is 0.231 e. The molecular weight excluding hydrogens is 240 g/mol. The molecular formula is C15H16N2O2. The molecule has 2 N–H and O–H groups in total. The Bertz CT molecular complexity index is 658. The van der Waals surface area contributed by atoms with Crippen LogP contribution in [0.1, 0.15) is 16.8 Å². The number of carbonyl (C=O) groups is 1. The summed E-state index contributed by atoms with van der Waals surface area (Å²) in [4.78, 5) is 16.6. The number of benzene rings is 1. The molecule has 1 amide bonds. The minimum Gasteiger partial charge on any atom is -0.392 e. The number of nitrogens with one attached hydrogen (secondary N) is 1. The minimum atomic E-state index is 0.0362. The van der Waals surface area contributed by atoms with E-state index in [1.165, 1.54) is 0 Å². The lowest BCUT2D eigenvalue weighted by atomic mass is 10.1. The van der Waals surface area contributed by atoms with Crippen LogP contribution in [0.25, 0.3) is 11.3 Å². The standard InChI is InChI=1S/C15H16N2O2/c1-9-12(8-18)6-13(16-9)10-3-4-14-11(5-10)7-15(19)17(14)2/h3-6,16,18H,7-8H2,1-2H3. The number of amides is 1. The van der Waals surface area contributed by atoms with Crippen LogP contribution in [0.4, 0.5) is 5.69 Å². The summed E-state index contributed by atoms with van der Waals surface area (Å²) >= 11 is 0. The molecule has 0 aliphatic carbocycles. The number of hydrogen-bond donors (Lipinski definition) is 2. The number of aliphatic hydroxyl groups excluding tert-OH is 1. The number of rotatable bonds is 2. The van der Waals surface area contributed by atoms with E-state index < -0.39 is 0 Å². The van der Waals surface area contributed by atoms with Gasteiger partial charge in [-0.05, 0) is 41.8 Å². The van der Waals surface area contributed by atoms with Gasteiger partial charge in [0.25, 0.3) is 0 Å². The maximum atomic E-state index is 11.7. The fourth-order valence-electron chi connectivity index (χ4n) is 2.56. The first kappa shape index (κ1) is 12.0. The summed E-state index contributed by atoms with van der Waals surface area (Å²) in [6, 6.07) is 7.98. The summed E-state index contributed by atoms with van der Waals surface area (Å²) in [6.45, 7) is 1.98. The Morgan fingerprint density at radius 1 is 1.37 bits per heavy atom. The highest BCUT2D eigenvalue weighted by Gasteiger charge is 2.24. The van der Waals surface area contributed by atoms with Crippen LogP contribution in [0.2, 0.25) is 0 Å². The van der Waals surface area contributed by atoms with Crippen LogP contribution in [-0.4, -0.2) is 23.0 Å². The molecule has 0 radical (unpaired) electrons. The number of fused-ring (bicyclic) bond motifs is 1. The van der Waals surface area contributed by atoms with E-state index in [0.29, 0.717) is 6.42 Å². The summed E-state index contributed by atoms with van der Waals surface area (Å²) in [5.74, 6) is 0.130. The third-order valence-electron chi connectivity index (χ3n) is 3.76. The van der Waals surface area contributed by atoms with E-state index in [-0.39, 0.29) is 12.5 Å². The molecule has 0 unspecified atom stereocenters. The van der Waals surface area contributed by atoms with Crippen LogP contribution in [0, 0.1) is 6.92 Å². The first-order valence-electron chi connectivity index (χ1n) is 6.29. The molecule has 1 aromatic heterocycles. The zero-order valence-corrected chi connectivity index (χ0v) is 11.0. The van der Waals surface area contributed by atoms with Crippen LogP contribution in [0.3, 0.4) is 0 Å². The monoisotopic (exact) mass is 256 g/mol. The Morgan fingerprint density at radius 3 is 2.84 bits per heavy atom. The lowest BCUT2D eigenvalue weighted by Crippen LogP contribution is -2.20. The van der Waals surface area contributed by atoms with Crippen LogP contribution in [-0.2, 0) is 17.8 Å². The number of aromatic amines is 1. The van der Waals surface area contributed by atoms with Gasteiger partial charge >= 0.3 is 0 Å². The molecule has 1 aliphatic heterocycles. The second-order valence-electron chi connectivity index (χ2n) is 4.96. The third kappa shape index (κ3) is 1.85. The van der Waals surface area contributed by atoms with Gasteiger partial charge in [-0.15, -0.1) is 0 Å². The smallest absolute Gasteiger partial charge is 0.231 e. The van der Waals surface area contributed by atoms with Crippen molar-refractivity contribution >= 4 is 11.6 Å². The van der Waals surface area contributed by atoms with Crippen molar-refractivity contribution in [3.63, 3.8) is 0 Å². The van der Waals surface area contributed by atoms with Gasteiger partial charge in [-0.1, -0.05) is 6.07 Å². The molecule has 2 heterocycles. The van der Waals surface area contributed by atoms with Crippen molar-refractivity contribution in [1.82, 2.24) is 4.98 Å². The maximum absolute atomic E-state index is 11.7. The first-order valence-corrected chi connectivity index (χ1v) is 6.29. The molecule has 4 heteroatoms. The number of anilines is 1. The summed E-state index contributed by atoms with van der Waals surface area (Å²) in [5.41, 5.74) is 5.95. The van der Waals surface area contributed by atoms with Gasteiger partial charge in [-0.25, -0.2) is 0 Å². The average molecular weight is 256 g/mol. The van der Waals surface area contributed by atoms with E-state index >= 15 is 0 Å². The van der Waals surface area contributed by atoms with Crippen LogP contribution < -0.4 is 4.90 Å². The van der Waals surface area contributed by atoms with Crippen molar-refractivity contribution < 1.29 is 9.90 Å². The van der Waals surface area contributed by atoms with Gasteiger partial charge in [-0.2, -0.15) is 0 Å². The molecule has 1 aliphatic rings. The van der Waals surface area contributed by atoms with E-state index in [1.807, 2.05) is 31.2 Å². The normalized spacial score (nSPS) is 14.1. The Labute approximate surface area is 111 Å². The van der Waals surface area contributed by atoms with Gasteiger partial charge in [-0.3, -0.25) is 4.79 Å². The van der Waals surface area contributed by atoms with Crippen LogP contribution in [0.15, 0.2) is 24.3 Å². The van der Waals surface area contributed by atoms with Gasteiger partial charge in [0.2, 0.25) is 5.91 Å². The van der Waals surface area contributed by atoms with Gasteiger partial charge in [0, 0.05) is 24.1 Å². The highest BCUT2D eigenvalue weighted by molar-refractivity contribution is 6.01. The number of likely N-dealkylation sites (N-methyl/N-ethyl adjacent to an activating group) is 1. The number of aryl methyl sites for hydroxylation is 1. The fraction of sp³-hybridized carbons (Fsp3) is 0.267. The highest BCUT2D eigenvalue weighted by atomic mass is 16.3. The number of H-pyrrole nitrogens is 1. The largest absolute Gasteiger partial charge is 0.392 e. The number of aliphatic hydroxyl groups is 1. The number of aromatic nitrogens is 1. The predicted octanol–water partition coefficient (Wildman–Crippen LogP) is 2.00. The zero-order valence-electron chi connectivity index (χ0n) is 11.0. The second-order valence-corrected chi connectivity index (χ2v) is 4.96. The average Bonchev–Trinajstić information content (AvgIpc) is 2.91. The topological polar surface area (TPSA) is 56.3 Å². The summed E-state index contributed by atoms with van der Waals surface area (Å²) in [5, 5.41) is 9.23. The molecule has 0 saturated carbocycles. The quantitative estimate of drug-likeness (QED) is 0.863. The number of carbonyl (C=O) groups excluding carboxylic acids is 1. The Balaban J connectivity index is 2.03. The van der Waals surface area contributed by atoms with Gasteiger partial charge in [0.15, 0.2) is 0 Å². The molecule has 0 spiro atoms. The molecule has 19 heavy (non-hydrogen) atoms.